The molecule has 0 fully saturated rings. The Balaban J connectivity index is 1.27. The monoisotopic (exact) mass is 452 g/mol. The molecule has 3 heterocycles. The van der Waals surface area contributed by atoms with E-state index in [1.807, 2.05) is 52.1 Å². The largest absolute Gasteiger partial charge is 0.496 e. The maximum absolute atomic E-state index is 13.1. The van der Waals surface area contributed by atoms with Crippen molar-refractivity contribution < 1.29 is 9.53 Å². The van der Waals surface area contributed by atoms with Crippen LogP contribution in [0.4, 0.5) is 0 Å². The van der Waals surface area contributed by atoms with Gasteiger partial charge in [-0.3, -0.25) is 4.79 Å². The van der Waals surface area contributed by atoms with Crippen molar-refractivity contribution in [2.75, 3.05) is 13.7 Å². The number of ether oxygens (including phenoxy) is 1. The summed E-state index contributed by atoms with van der Waals surface area (Å²) in [5.41, 5.74) is 4.33. The van der Waals surface area contributed by atoms with E-state index in [-0.39, 0.29) is 12.3 Å². The molecule has 0 N–H and O–H groups in total. The first-order valence-corrected chi connectivity index (χ1v) is 11.1. The molecule has 2 aromatic heterocycles. The summed E-state index contributed by atoms with van der Waals surface area (Å²) in [6.45, 7) is 2.41. The van der Waals surface area contributed by atoms with Crippen LogP contribution in [-0.2, 0) is 30.8 Å². The predicted octanol–water partition coefficient (Wildman–Crippen LogP) is 3.26. The fourth-order valence-electron chi connectivity index (χ4n) is 4.24. The van der Waals surface area contributed by atoms with Crippen LogP contribution < -0.4 is 4.74 Å². The first-order valence-electron chi connectivity index (χ1n) is 11.1. The van der Waals surface area contributed by atoms with Crippen LogP contribution in [0.3, 0.4) is 0 Å². The molecule has 0 atom stereocenters. The summed E-state index contributed by atoms with van der Waals surface area (Å²) in [7, 11) is 1.65. The molecular formula is C26H24N6O2. The Morgan fingerprint density at radius 3 is 2.76 bits per heavy atom. The van der Waals surface area contributed by atoms with E-state index in [4.69, 9.17) is 15.0 Å². The number of benzene rings is 2. The van der Waals surface area contributed by atoms with E-state index in [2.05, 4.69) is 15.6 Å². The molecule has 0 unspecified atom stereocenters. The second-order valence-electron chi connectivity index (χ2n) is 8.25. The van der Waals surface area contributed by atoms with E-state index < -0.39 is 0 Å². The Morgan fingerprint density at radius 1 is 1.15 bits per heavy atom. The molecule has 170 valence electrons. The van der Waals surface area contributed by atoms with E-state index in [1.165, 1.54) is 0 Å². The van der Waals surface area contributed by atoms with Crippen molar-refractivity contribution in [1.82, 2.24) is 24.0 Å². The highest BCUT2D eigenvalue weighted by molar-refractivity contribution is 5.78. The minimum Gasteiger partial charge on any atom is -0.496 e. The van der Waals surface area contributed by atoms with E-state index >= 15 is 0 Å². The molecule has 0 bridgehead atoms. The molecule has 5 rings (SSSR count). The SMILES string of the molecule is COc1ccccc1-c1cn2c(n1)CN(C(=O)Cc1cncn1Cc1ccc(C#N)cc1)CC2. The van der Waals surface area contributed by atoms with Gasteiger partial charge in [0.2, 0.25) is 5.91 Å². The summed E-state index contributed by atoms with van der Waals surface area (Å²) >= 11 is 0. The second kappa shape index (κ2) is 9.24. The van der Waals surface area contributed by atoms with Crippen molar-refractivity contribution in [2.45, 2.75) is 26.1 Å². The van der Waals surface area contributed by atoms with Gasteiger partial charge in [-0.15, -0.1) is 0 Å². The van der Waals surface area contributed by atoms with Crippen molar-refractivity contribution in [3.63, 3.8) is 0 Å². The Kier molecular flexibility index (Phi) is 5.83. The Hall–Kier alpha value is -4.38. The van der Waals surface area contributed by atoms with Crippen LogP contribution in [0.15, 0.2) is 67.3 Å². The van der Waals surface area contributed by atoms with Crippen molar-refractivity contribution in [3.05, 3.63) is 89.9 Å². The Bertz CT molecular complexity index is 1360. The smallest absolute Gasteiger partial charge is 0.229 e. The standard InChI is InChI=1S/C26H24N6O2/c1-34-24-5-3-2-4-22(24)23-16-30-10-11-31(17-25(30)29-23)26(33)12-21-14-28-18-32(21)15-20-8-6-19(13-27)7-9-20/h2-9,14,16,18H,10-12,15,17H2,1H3. The zero-order valence-electron chi connectivity index (χ0n) is 18.9. The van der Waals surface area contributed by atoms with Crippen LogP contribution in [0.2, 0.25) is 0 Å². The van der Waals surface area contributed by atoms with Gasteiger partial charge in [0.05, 0.1) is 43.7 Å². The third-order valence-electron chi connectivity index (χ3n) is 6.10. The van der Waals surface area contributed by atoms with Gasteiger partial charge in [0.15, 0.2) is 0 Å². The number of rotatable bonds is 6. The van der Waals surface area contributed by atoms with Gasteiger partial charge in [0.1, 0.15) is 11.6 Å². The minimum atomic E-state index is 0.0506. The van der Waals surface area contributed by atoms with Gasteiger partial charge in [-0.1, -0.05) is 24.3 Å². The molecule has 8 nitrogen and oxygen atoms in total. The van der Waals surface area contributed by atoms with Gasteiger partial charge in [0, 0.05) is 43.3 Å². The fraction of sp³-hybridized carbons (Fsp3) is 0.231. The quantitative estimate of drug-likeness (QED) is 0.448. The molecular weight excluding hydrogens is 428 g/mol. The van der Waals surface area contributed by atoms with Crippen LogP contribution >= 0.6 is 0 Å². The average Bonchev–Trinajstić information content (AvgIpc) is 3.50. The maximum Gasteiger partial charge on any atom is 0.229 e. The summed E-state index contributed by atoms with van der Waals surface area (Å²) in [6.07, 6.45) is 5.79. The number of carbonyl (C=O) groups excluding carboxylic acids is 1. The molecule has 2 aromatic carbocycles. The molecule has 0 aliphatic carbocycles. The van der Waals surface area contributed by atoms with Crippen LogP contribution in [0.5, 0.6) is 5.75 Å². The zero-order valence-corrected chi connectivity index (χ0v) is 18.9. The second-order valence-corrected chi connectivity index (χ2v) is 8.25. The Morgan fingerprint density at radius 2 is 1.97 bits per heavy atom. The first-order chi connectivity index (χ1) is 16.6. The summed E-state index contributed by atoms with van der Waals surface area (Å²) in [5, 5.41) is 8.98. The number of para-hydroxylation sites is 1. The number of carbonyl (C=O) groups is 1. The summed E-state index contributed by atoms with van der Waals surface area (Å²) in [6, 6.07) is 17.4. The molecule has 0 saturated carbocycles. The molecule has 0 radical (unpaired) electrons. The zero-order chi connectivity index (χ0) is 23.5. The van der Waals surface area contributed by atoms with Crippen LogP contribution in [0, 0.1) is 11.3 Å². The molecule has 4 aromatic rings. The van der Waals surface area contributed by atoms with Crippen molar-refractivity contribution in [2.24, 2.45) is 0 Å². The van der Waals surface area contributed by atoms with E-state index in [9.17, 15) is 4.79 Å². The van der Waals surface area contributed by atoms with E-state index in [0.29, 0.717) is 31.7 Å². The predicted molar refractivity (Wildman–Crippen MR) is 126 cm³/mol. The number of amides is 1. The highest BCUT2D eigenvalue weighted by Gasteiger charge is 2.24. The molecule has 0 saturated heterocycles. The van der Waals surface area contributed by atoms with Crippen LogP contribution in [0.1, 0.15) is 22.6 Å². The highest BCUT2D eigenvalue weighted by atomic mass is 16.5. The number of nitriles is 1. The van der Waals surface area contributed by atoms with Gasteiger partial charge in [-0.05, 0) is 29.8 Å². The third kappa shape index (κ3) is 4.28. The number of imidazole rings is 2. The molecule has 1 aliphatic rings. The lowest BCUT2D eigenvalue weighted by atomic mass is 10.1. The van der Waals surface area contributed by atoms with Crippen LogP contribution in [0.25, 0.3) is 11.3 Å². The number of methoxy groups -OCH3 is 1. The number of hydrogen-bond acceptors (Lipinski definition) is 5. The average molecular weight is 453 g/mol. The van der Waals surface area contributed by atoms with Crippen LogP contribution in [-0.4, -0.2) is 43.6 Å². The Labute approximate surface area is 197 Å². The van der Waals surface area contributed by atoms with E-state index in [0.717, 1.165) is 34.1 Å². The van der Waals surface area contributed by atoms with Crippen molar-refractivity contribution in [3.8, 4) is 23.1 Å². The van der Waals surface area contributed by atoms with Crippen molar-refractivity contribution in [1.29, 1.82) is 5.26 Å². The fourth-order valence-corrected chi connectivity index (χ4v) is 4.24. The summed E-state index contributed by atoms with van der Waals surface area (Å²) in [4.78, 5) is 24.0. The number of nitrogens with zero attached hydrogens (tertiary/aromatic N) is 6. The maximum atomic E-state index is 13.1. The lowest BCUT2D eigenvalue weighted by Gasteiger charge is -2.27. The van der Waals surface area contributed by atoms with Gasteiger partial charge >= 0.3 is 0 Å². The number of fused-ring (bicyclic) bond motifs is 1. The summed E-state index contributed by atoms with van der Waals surface area (Å²) < 4.78 is 9.57. The topological polar surface area (TPSA) is 89.0 Å². The molecule has 0 spiro atoms. The molecule has 34 heavy (non-hydrogen) atoms. The molecule has 1 amide bonds. The summed E-state index contributed by atoms with van der Waals surface area (Å²) in [5.74, 6) is 1.70. The van der Waals surface area contributed by atoms with Gasteiger partial charge < -0.3 is 18.8 Å². The van der Waals surface area contributed by atoms with Gasteiger partial charge in [-0.25, -0.2) is 9.97 Å². The van der Waals surface area contributed by atoms with Crippen molar-refractivity contribution >= 4 is 5.91 Å². The molecule has 8 heteroatoms. The van der Waals surface area contributed by atoms with E-state index in [1.54, 1.807) is 31.8 Å². The minimum absolute atomic E-state index is 0.0506. The number of hydrogen-bond donors (Lipinski definition) is 0. The normalized spacial score (nSPS) is 12.8. The lowest BCUT2D eigenvalue weighted by Crippen LogP contribution is -2.39. The third-order valence-corrected chi connectivity index (χ3v) is 6.10. The van der Waals surface area contributed by atoms with Gasteiger partial charge in [0.25, 0.3) is 0 Å². The number of aromatic nitrogens is 4. The molecule has 1 aliphatic heterocycles. The lowest BCUT2D eigenvalue weighted by molar-refractivity contribution is -0.132. The first kappa shape index (κ1) is 21.5. The highest BCUT2D eigenvalue weighted by Crippen LogP contribution is 2.30. The van der Waals surface area contributed by atoms with Gasteiger partial charge in [-0.2, -0.15) is 5.26 Å².